The molecule has 0 saturated heterocycles. The predicted molar refractivity (Wildman–Crippen MR) is 74.0 cm³/mol. The summed E-state index contributed by atoms with van der Waals surface area (Å²) in [5.41, 5.74) is -2.51. The number of halogens is 3. The topological polar surface area (TPSA) is 90.1 Å². The summed E-state index contributed by atoms with van der Waals surface area (Å²) in [6, 6.07) is 4.37. The van der Waals surface area contributed by atoms with Crippen LogP contribution < -0.4 is 5.32 Å². The normalized spacial score (nSPS) is 11.3. The third kappa shape index (κ3) is 3.30. The molecule has 23 heavy (non-hydrogen) atoms. The number of benzene rings is 1. The highest BCUT2D eigenvalue weighted by Gasteiger charge is 2.34. The fourth-order valence-electron chi connectivity index (χ4n) is 2.00. The Labute approximate surface area is 127 Å². The van der Waals surface area contributed by atoms with Crippen LogP contribution in [-0.4, -0.2) is 20.6 Å². The second kappa shape index (κ2) is 6.07. The molecule has 0 aliphatic rings. The molecule has 1 aromatic carbocycles. The average Bonchev–Trinajstić information content (AvgIpc) is 2.90. The van der Waals surface area contributed by atoms with Gasteiger partial charge in [0.05, 0.1) is 16.2 Å². The quantitative estimate of drug-likeness (QED) is 0.690. The van der Waals surface area contributed by atoms with Crippen molar-refractivity contribution < 1.29 is 22.9 Å². The standard InChI is InChI=1S/C13H11F3N4O3/c1-2-19-11(10(7-17-19)20(22)23)12(21)18-9-6-4-3-5-8(9)13(14,15)16/h3-7H,2H2,1H3,(H,18,21). The monoisotopic (exact) mass is 328 g/mol. The van der Waals surface area contributed by atoms with Crippen LogP contribution in [0.1, 0.15) is 23.0 Å². The van der Waals surface area contributed by atoms with Crippen LogP contribution in [0.3, 0.4) is 0 Å². The predicted octanol–water partition coefficient (Wildman–Crippen LogP) is 3.08. The first kappa shape index (κ1) is 16.5. The van der Waals surface area contributed by atoms with Crippen molar-refractivity contribution >= 4 is 17.3 Å². The molecule has 0 bridgehead atoms. The van der Waals surface area contributed by atoms with Gasteiger partial charge in [-0.2, -0.15) is 18.3 Å². The molecule has 10 heteroatoms. The number of carbonyl (C=O) groups excluding carboxylic acids is 1. The third-order valence-electron chi connectivity index (χ3n) is 3.01. The van der Waals surface area contributed by atoms with Gasteiger partial charge < -0.3 is 5.32 Å². The summed E-state index contributed by atoms with van der Waals surface area (Å²) in [4.78, 5) is 22.3. The van der Waals surface area contributed by atoms with E-state index in [9.17, 15) is 28.1 Å². The van der Waals surface area contributed by atoms with Crippen molar-refractivity contribution in [2.45, 2.75) is 19.6 Å². The van der Waals surface area contributed by atoms with E-state index in [1.807, 2.05) is 0 Å². The maximum absolute atomic E-state index is 12.9. The van der Waals surface area contributed by atoms with E-state index in [1.54, 1.807) is 6.92 Å². The van der Waals surface area contributed by atoms with E-state index in [0.717, 1.165) is 23.0 Å². The Bertz CT molecular complexity index is 755. The number of carbonyl (C=O) groups is 1. The maximum Gasteiger partial charge on any atom is 0.418 e. The number of anilines is 1. The summed E-state index contributed by atoms with van der Waals surface area (Å²) in [5.74, 6) is -1.03. The number of alkyl halides is 3. The first-order valence-electron chi connectivity index (χ1n) is 6.43. The van der Waals surface area contributed by atoms with Gasteiger partial charge in [-0.25, -0.2) is 0 Å². The number of nitrogens with zero attached hydrogens (tertiary/aromatic N) is 3. The van der Waals surface area contributed by atoms with Crippen LogP contribution >= 0.6 is 0 Å². The van der Waals surface area contributed by atoms with Gasteiger partial charge in [0.15, 0.2) is 0 Å². The second-order valence-corrected chi connectivity index (χ2v) is 4.45. The number of para-hydroxylation sites is 1. The Morgan fingerprint density at radius 1 is 1.39 bits per heavy atom. The highest BCUT2D eigenvalue weighted by atomic mass is 19.4. The second-order valence-electron chi connectivity index (χ2n) is 4.45. The minimum atomic E-state index is -4.67. The fourth-order valence-corrected chi connectivity index (χ4v) is 2.00. The fraction of sp³-hybridized carbons (Fsp3) is 0.231. The van der Waals surface area contributed by atoms with Gasteiger partial charge in [-0.3, -0.25) is 19.6 Å². The number of nitro groups is 1. The lowest BCUT2D eigenvalue weighted by atomic mass is 10.1. The van der Waals surface area contributed by atoms with E-state index in [4.69, 9.17) is 0 Å². The van der Waals surface area contributed by atoms with Crippen LogP contribution in [0.5, 0.6) is 0 Å². The molecule has 1 N–H and O–H groups in total. The lowest BCUT2D eigenvalue weighted by molar-refractivity contribution is -0.385. The third-order valence-corrected chi connectivity index (χ3v) is 3.01. The van der Waals surface area contributed by atoms with Crippen LogP contribution in [0.4, 0.5) is 24.5 Å². The van der Waals surface area contributed by atoms with Crippen molar-refractivity contribution in [3.05, 3.63) is 51.8 Å². The van der Waals surface area contributed by atoms with Crippen molar-refractivity contribution in [1.29, 1.82) is 0 Å². The molecular formula is C13H11F3N4O3. The van der Waals surface area contributed by atoms with Gasteiger partial charge in [-0.15, -0.1) is 0 Å². The highest BCUT2D eigenvalue weighted by molar-refractivity contribution is 6.06. The molecule has 1 aromatic heterocycles. The van der Waals surface area contributed by atoms with E-state index in [0.29, 0.717) is 0 Å². The molecule has 0 unspecified atom stereocenters. The number of aryl methyl sites for hydroxylation is 1. The summed E-state index contributed by atoms with van der Waals surface area (Å²) in [6.45, 7) is 1.74. The van der Waals surface area contributed by atoms with Gasteiger partial charge in [-0.1, -0.05) is 12.1 Å². The molecule has 7 nitrogen and oxygen atoms in total. The van der Waals surface area contributed by atoms with Gasteiger partial charge in [0.2, 0.25) is 5.69 Å². The Balaban J connectivity index is 2.42. The Kier molecular flexibility index (Phi) is 4.34. The molecule has 1 heterocycles. The van der Waals surface area contributed by atoms with Crippen LogP contribution in [-0.2, 0) is 12.7 Å². The van der Waals surface area contributed by atoms with Crippen molar-refractivity contribution in [1.82, 2.24) is 9.78 Å². The number of hydrogen-bond acceptors (Lipinski definition) is 4. The zero-order valence-corrected chi connectivity index (χ0v) is 11.8. The largest absolute Gasteiger partial charge is 0.418 e. The number of rotatable bonds is 4. The highest BCUT2D eigenvalue weighted by Crippen LogP contribution is 2.35. The molecular weight excluding hydrogens is 317 g/mol. The van der Waals surface area contributed by atoms with Gasteiger partial charge >= 0.3 is 11.9 Å². The minimum absolute atomic E-state index is 0.150. The summed E-state index contributed by atoms with van der Waals surface area (Å²) in [6.07, 6.45) is -3.78. The first-order valence-corrected chi connectivity index (χ1v) is 6.43. The van der Waals surface area contributed by atoms with Crippen LogP contribution in [0, 0.1) is 10.1 Å². The average molecular weight is 328 g/mol. The van der Waals surface area contributed by atoms with Crippen molar-refractivity contribution in [2.75, 3.05) is 5.32 Å². The maximum atomic E-state index is 12.9. The molecule has 1 amide bonds. The van der Waals surface area contributed by atoms with E-state index >= 15 is 0 Å². The molecule has 122 valence electrons. The SMILES string of the molecule is CCn1ncc([N+](=O)[O-])c1C(=O)Nc1ccccc1C(F)(F)F. The molecule has 0 aliphatic carbocycles. The van der Waals surface area contributed by atoms with Gasteiger partial charge in [0, 0.05) is 6.54 Å². The zero-order valence-electron chi connectivity index (χ0n) is 11.8. The van der Waals surface area contributed by atoms with Crippen LogP contribution in [0.15, 0.2) is 30.5 Å². The smallest absolute Gasteiger partial charge is 0.320 e. The van der Waals surface area contributed by atoms with Crippen LogP contribution in [0.25, 0.3) is 0 Å². The summed E-state index contributed by atoms with van der Waals surface area (Å²) in [5, 5.41) is 16.7. The van der Waals surface area contributed by atoms with Gasteiger partial charge in [-0.05, 0) is 19.1 Å². The molecule has 2 aromatic rings. The summed E-state index contributed by atoms with van der Waals surface area (Å²) in [7, 11) is 0. The summed E-state index contributed by atoms with van der Waals surface area (Å²) < 4.78 is 39.8. The minimum Gasteiger partial charge on any atom is -0.320 e. The Hall–Kier alpha value is -2.91. The van der Waals surface area contributed by atoms with Crippen molar-refractivity contribution in [3.63, 3.8) is 0 Å². The van der Waals surface area contributed by atoms with Crippen LogP contribution in [0.2, 0.25) is 0 Å². The van der Waals surface area contributed by atoms with Gasteiger partial charge in [0.25, 0.3) is 5.91 Å². The molecule has 0 aliphatic heterocycles. The van der Waals surface area contributed by atoms with E-state index < -0.39 is 39.6 Å². The molecule has 0 fully saturated rings. The summed E-state index contributed by atoms with van der Waals surface area (Å²) >= 11 is 0. The molecule has 2 rings (SSSR count). The number of hydrogen-bond donors (Lipinski definition) is 1. The Morgan fingerprint density at radius 2 is 2.04 bits per heavy atom. The number of nitrogens with one attached hydrogen (secondary N) is 1. The Morgan fingerprint density at radius 3 is 2.61 bits per heavy atom. The molecule has 0 saturated carbocycles. The molecule has 0 atom stereocenters. The number of aromatic nitrogens is 2. The number of amides is 1. The lowest BCUT2D eigenvalue weighted by Crippen LogP contribution is -2.21. The molecule has 0 radical (unpaired) electrons. The van der Waals surface area contributed by atoms with Crippen molar-refractivity contribution in [3.8, 4) is 0 Å². The van der Waals surface area contributed by atoms with Crippen molar-refractivity contribution in [2.24, 2.45) is 0 Å². The molecule has 0 spiro atoms. The zero-order chi connectivity index (χ0) is 17.2. The van der Waals surface area contributed by atoms with E-state index in [2.05, 4.69) is 10.4 Å². The van der Waals surface area contributed by atoms with Gasteiger partial charge in [0.1, 0.15) is 6.20 Å². The lowest BCUT2D eigenvalue weighted by Gasteiger charge is -2.13. The van der Waals surface area contributed by atoms with E-state index in [-0.39, 0.29) is 6.54 Å². The van der Waals surface area contributed by atoms with E-state index in [1.165, 1.54) is 12.1 Å². The first-order chi connectivity index (χ1) is 10.8.